The lowest BCUT2D eigenvalue weighted by Gasteiger charge is -2.75. The van der Waals surface area contributed by atoms with Crippen LogP contribution in [0.5, 0.6) is 0 Å². The molecular formula is C25H39NO7. The normalized spacial score (nSPS) is 58.7. The summed E-state index contributed by atoms with van der Waals surface area (Å²) in [6.07, 6.45) is 0.0408. The number of nitrogens with zero attached hydrogens (tertiary/aromatic N) is 1. The summed E-state index contributed by atoms with van der Waals surface area (Å²) in [6.45, 7) is 4.12. The van der Waals surface area contributed by atoms with Crippen LogP contribution in [0, 0.1) is 40.4 Å². The summed E-state index contributed by atoms with van der Waals surface area (Å²) in [7, 11) is 6.77. The van der Waals surface area contributed by atoms with Crippen LogP contribution in [0.15, 0.2) is 0 Å². The second-order valence-corrected chi connectivity index (χ2v) is 11.7. The fraction of sp³-hybridized carbons (Fsp3) is 0.960. The predicted octanol–water partition coefficient (Wildman–Crippen LogP) is 0.335. The molecule has 2 unspecified atom stereocenters. The highest BCUT2D eigenvalue weighted by molar-refractivity contribution is 5.88. The van der Waals surface area contributed by atoms with E-state index >= 15 is 0 Å². The number of likely N-dealkylation sites (tertiary alicyclic amines) is 1. The average Bonchev–Trinajstić information content (AvgIpc) is 2.97. The van der Waals surface area contributed by atoms with Crippen LogP contribution in [0.1, 0.15) is 26.2 Å². The molecule has 6 rings (SSSR count). The smallest absolute Gasteiger partial charge is 0.165 e. The monoisotopic (exact) mass is 465 g/mol. The Balaban J connectivity index is 1.61. The molecule has 8 nitrogen and oxygen atoms in total. The molecule has 0 aromatic rings. The van der Waals surface area contributed by atoms with E-state index in [-0.39, 0.29) is 59.0 Å². The lowest BCUT2D eigenvalue weighted by Crippen LogP contribution is -2.82. The highest BCUT2D eigenvalue weighted by Crippen LogP contribution is 2.80. The highest BCUT2D eigenvalue weighted by atomic mass is 16.5. The quantitative estimate of drug-likeness (QED) is 0.580. The Labute approximate surface area is 195 Å². The second kappa shape index (κ2) is 7.21. The number of piperidine rings is 1. The zero-order chi connectivity index (χ0) is 23.5. The van der Waals surface area contributed by atoms with E-state index in [4.69, 9.17) is 18.9 Å². The first-order chi connectivity index (χ1) is 15.8. The third-order valence-electron chi connectivity index (χ3n) is 11.3. The molecule has 6 aliphatic rings. The summed E-state index contributed by atoms with van der Waals surface area (Å²) in [5.41, 5.74) is -1.85. The predicted molar refractivity (Wildman–Crippen MR) is 117 cm³/mol. The Morgan fingerprint density at radius 3 is 2.45 bits per heavy atom. The minimum absolute atomic E-state index is 0.0156. The van der Waals surface area contributed by atoms with Crippen molar-refractivity contribution in [2.45, 2.75) is 62.2 Å². The maximum absolute atomic E-state index is 13.2. The Kier molecular flexibility index (Phi) is 4.99. The molecule has 8 heteroatoms. The van der Waals surface area contributed by atoms with Gasteiger partial charge in [-0.15, -0.1) is 0 Å². The zero-order valence-corrected chi connectivity index (χ0v) is 20.4. The molecule has 1 aliphatic heterocycles. The number of ketones is 1. The summed E-state index contributed by atoms with van der Waals surface area (Å²) in [5.74, 6) is -0.192. The van der Waals surface area contributed by atoms with Gasteiger partial charge in [-0.1, -0.05) is 6.92 Å². The zero-order valence-electron chi connectivity index (χ0n) is 20.4. The van der Waals surface area contributed by atoms with Gasteiger partial charge in [0, 0.05) is 88.4 Å². The molecule has 5 aliphatic carbocycles. The molecular weight excluding hydrogens is 426 g/mol. The van der Waals surface area contributed by atoms with Gasteiger partial charge in [-0.25, -0.2) is 0 Å². The summed E-state index contributed by atoms with van der Waals surface area (Å²) in [5, 5.41) is 24.2. The maximum atomic E-state index is 13.2. The van der Waals surface area contributed by atoms with Crippen molar-refractivity contribution in [2.75, 3.05) is 48.1 Å². The summed E-state index contributed by atoms with van der Waals surface area (Å²) < 4.78 is 23.9. The number of hydrogen-bond donors (Lipinski definition) is 2. The van der Waals surface area contributed by atoms with Gasteiger partial charge in [0.15, 0.2) is 5.78 Å². The van der Waals surface area contributed by atoms with Gasteiger partial charge in [-0.3, -0.25) is 9.69 Å². The van der Waals surface area contributed by atoms with E-state index in [0.29, 0.717) is 26.0 Å². The van der Waals surface area contributed by atoms with Crippen LogP contribution in [0.2, 0.25) is 0 Å². The Morgan fingerprint density at radius 1 is 1.09 bits per heavy atom. The third kappa shape index (κ3) is 2.27. The lowest BCUT2D eigenvalue weighted by atomic mass is 9.34. The molecule has 33 heavy (non-hydrogen) atoms. The number of hydrogen-bond acceptors (Lipinski definition) is 8. The molecule has 6 fully saturated rings. The summed E-state index contributed by atoms with van der Waals surface area (Å²) >= 11 is 0. The van der Waals surface area contributed by atoms with Crippen LogP contribution < -0.4 is 0 Å². The van der Waals surface area contributed by atoms with Crippen molar-refractivity contribution < 1.29 is 34.0 Å². The fourth-order valence-electron chi connectivity index (χ4n) is 10.6. The molecule has 2 N–H and O–H groups in total. The van der Waals surface area contributed by atoms with Gasteiger partial charge in [-0.05, 0) is 18.9 Å². The molecule has 5 saturated carbocycles. The number of fused-ring (bicyclic) bond motifs is 1. The molecule has 13 atom stereocenters. The van der Waals surface area contributed by atoms with Gasteiger partial charge < -0.3 is 29.2 Å². The summed E-state index contributed by atoms with van der Waals surface area (Å²) in [6, 6.07) is 0.0674. The van der Waals surface area contributed by atoms with Gasteiger partial charge in [-0.2, -0.15) is 0 Å². The van der Waals surface area contributed by atoms with Crippen LogP contribution in [0.3, 0.4) is 0 Å². The molecule has 0 aromatic carbocycles. The average molecular weight is 466 g/mol. The van der Waals surface area contributed by atoms with Crippen LogP contribution in [-0.2, 0) is 23.7 Å². The van der Waals surface area contributed by atoms with Crippen molar-refractivity contribution in [2.24, 2.45) is 40.4 Å². The van der Waals surface area contributed by atoms with Gasteiger partial charge in [0.05, 0.1) is 30.5 Å². The van der Waals surface area contributed by atoms with E-state index in [1.807, 2.05) is 0 Å². The van der Waals surface area contributed by atoms with Crippen molar-refractivity contribution in [3.63, 3.8) is 0 Å². The van der Waals surface area contributed by atoms with Gasteiger partial charge in [0.2, 0.25) is 0 Å². The Hall–Kier alpha value is -0.610. The van der Waals surface area contributed by atoms with E-state index in [1.54, 1.807) is 28.4 Å². The highest BCUT2D eigenvalue weighted by Gasteiger charge is 2.88. The largest absolute Gasteiger partial charge is 0.392 e. The molecule has 1 spiro atoms. The fourth-order valence-corrected chi connectivity index (χ4v) is 10.6. The van der Waals surface area contributed by atoms with E-state index in [2.05, 4.69) is 11.8 Å². The van der Waals surface area contributed by atoms with Crippen molar-refractivity contribution >= 4 is 5.78 Å². The van der Waals surface area contributed by atoms with Gasteiger partial charge >= 0.3 is 0 Å². The van der Waals surface area contributed by atoms with Crippen molar-refractivity contribution in [1.29, 1.82) is 0 Å². The van der Waals surface area contributed by atoms with Crippen LogP contribution >= 0.6 is 0 Å². The topological polar surface area (TPSA) is 97.7 Å². The van der Waals surface area contributed by atoms with Gasteiger partial charge in [0.1, 0.15) is 6.10 Å². The molecule has 0 amide bonds. The SMILES string of the molecule is CCN1C[C@]2(COC)C(O)C[C@H](OC)[C@@]34[C@@H]5CC6C(=O)[C@@H](OC)C[C@](O)([C@@H]([C@H](OC)[C@H]23)[C@@H]14)[C@@H]65. The van der Waals surface area contributed by atoms with Gasteiger partial charge in [0.25, 0.3) is 0 Å². The number of aliphatic hydroxyl groups excluding tert-OH is 1. The maximum Gasteiger partial charge on any atom is 0.165 e. The van der Waals surface area contributed by atoms with E-state index in [0.717, 1.165) is 13.0 Å². The van der Waals surface area contributed by atoms with Crippen LogP contribution in [0.25, 0.3) is 0 Å². The Bertz CT molecular complexity index is 840. The standard InChI is InChI=1S/C25H39NO7/c1-6-26-10-23(11-30-2)15(27)8-16(32-4)25-13-7-12-17(13)24(29,9-14(31-3)19(12)28)18(22(25)26)20(33-5)21(23)25/h12-18,20-22,27,29H,6-11H2,1-5H3/t12?,13-,14+,15?,16+,17+,18+,20+,21-,22-,23+,24-,25+/m1/s1. The second-order valence-electron chi connectivity index (χ2n) is 11.7. The first-order valence-electron chi connectivity index (χ1n) is 12.6. The van der Waals surface area contributed by atoms with Crippen molar-refractivity contribution in [3.05, 3.63) is 0 Å². The molecule has 0 radical (unpaired) electrons. The number of rotatable bonds is 6. The number of aliphatic hydroxyl groups is 2. The number of carbonyl (C=O) groups excluding carboxylic acids is 1. The molecule has 1 saturated heterocycles. The minimum Gasteiger partial charge on any atom is -0.392 e. The Morgan fingerprint density at radius 2 is 1.85 bits per heavy atom. The third-order valence-corrected chi connectivity index (χ3v) is 11.3. The minimum atomic E-state index is -1.05. The van der Waals surface area contributed by atoms with Crippen molar-refractivity contribution in [1.82, 2.24) is 4.90 Å². The van der Waals surface area contributed by atoms with Crippen LogP contribution in [0.4, 0.5) is 0 Å². The molecule has 0 aromatic heterocycles. The summed E-state index contributed by atoms with van der Waals surface area (Å²) in [4.78, 5) is 15.7. The molecule has 186 valence electrons. The van der Waals surface area contributed by atoms with Crippen LogP contribution in [-0.4, -0.2) is 105 Å². The number of ether oxygens (including phenoxy) is 4. The molecule has 1 heterocycles. The lowest BCUT2D eigenvalue weighted by molar-refractivity contribution is -0.324. The number of carbonyl (C=O) groups is 1. The van der Waals surface area contributed by atoms with E-state index in [1.165, 1.54) is 0 Å². The number of Topliss-reactive ketones (excluding diaryl/α,β-unsaturated/α-hetero) is 1. The first kappa shape index (κ1) is 22.8. The molecule has 5 bridgehead atoms. The van der Waals surface area contributed by atoms with E-state index in [9.17, 15) is 15.0 Å². The number of methoxy groups -OCH3 is 4. The first-order valence-corrected chi connectivity index (χ1v) is 12.6. The van der Waals surface area contributed by atoms with Crippen molar-refractivity contribution in [3.8, 4) is 0 Å². The van der Waals surface area contributed by atoms with E-state index < -0.39 is 23.2 Å².